The number of hydrogen-bond acceptors (Lipinski definition) is 2. The second-order valence-corrected chi connectivity index (χ2v) is 3.53. The number of imidazole rings is 1. The Morgan fingerprint density at radius 1 is 1.38 bits per heavy atom. The van der Waals surface area contributed by atoms with Crippen molar-refractivity contribution in [3.63, 3.8) is 0 Å². The lowest BCUT2D eigenvalue weighted by Crippen LogP contribution is -1.95. The van der Waals surface area contributed by atoms with Crippen LogP contribution < -0.4 is 0 Å². The summed E-state index contributed by atoms with van der Waals surface area (Å²) in [6.07, 6.45) is 7.02. The smallest absolute Gasteiger partial charge is 0.140 e. The molecule has 0 amide bonds. The number of nitrogens with zero attached hydrogens (tertiary/aromatic N) is 2. The van der Waals surface area contributed by atoms with Crippen LogP contribution in [0.4, 0.5) is 0 Å². The minimum atomic E-state index is 0.0520. The van der Waals surface area contributed by atoms with E-state index in [4.69, 9.17) is 11.5 Å². The molecule has 2 aromatic rings. The van der Waals surface area contributed by atoms with Gasteiger partial charge in [0.2, 0.25) is 0 Å². The largest absolute Gasteiger partial charge is 0.392 e. The van der Waals surface area contributed by atoms with Gasteiger partial charge in [-0.15, -0.1) is 6.42 Å². The minimum Gasteiger partial charge on any atom is -0.392 e. The summed E-state index contributed by atoms with van der Waals surface area (Å²) >= 11 is 0. The van der Waals surface area contributed by atoms with Crippen molar-refractivity contribution in [3.05, 3.63) is 41.7 Å². The summed E-state index contributed by atoms with van der Waals surface area (Å²) in [5.41, 5.74) is 2.62. The van der Waals surface area contributed by atoms with E-state index in [1.807, 2.05) is 35.9 Å². The Labute approximate surface area is 94.4 Å². The van der Waals surface area contributed by atoms with E-state index in [9.17, 15) is 0 Å². The van der Waals surface area contributed by atoms with Crippen LogP contribution in [0.5, 0.6) is 0 Å². The maximum Gasteiger partial charge on any atom is 0.140 e. The lowest BCUT2D eigenvalue weighted by Gasteiger charge is -2.03. The standard InChI is InChI=1S/C13H12N2O/c1-3-12-8-14-13(15(12)2)11-6-4-10(9-16)5-7-11/h1,4-8,16H,9H2,2H3. The highest BCUT2D eigenvalue weighted by molar-refractivity contribution is 5.57. The van der Waals surface area contributed by atoms with Crippen LogP contribution in [0.1, 0.15) is 11.3 Å². The first-order valence-electron chi connectivity index (χ1n) is 4.94. The van der Waals surface area contributed by atoms with Crippen molar-refractivity contribution in [1.82, 2.24) is 9.55 Å². The van der Waals surface area contributed by atoms with Crippen LogP contribution in [-0.2, 0) is 13.7 Å². The first-order chi connectivity index (χ1) is 7.76. The molecule has 2 rings (SSSR count). The van der Waals surface area contributed by atoms with E-state index in [2.05, 4.69) is 10.9 Å². The molecule has 0 aliphatic heterocycles. The molecular weight excluding hydrogens is 200 g/mol. The van der Waals surface area contributed by atoms with Crippen molar-refractivity contribution in [2.45, 2.75) is 6.61 Å². The van der Waals surface area contributed by atoms with Crippen molar-refractivity contribution >= 4 is 0 Å². The molecule has 3 nitrogen and oxygen atoms in total. The first kappa shape index (κ1) is 10.5. The Bertz CT molecular complexity index is 532. The van der Waals surface area contributed by atoms with Crippen molar-refractivity contribution in [3.8, 4) is 23.7 Å². The molecule has 0 aliphatic rings. The molecule has 80 valence electrons. The number of hydrogen-bond donors (Lipinski definition) is 1. The van der Waals surface area contributed by atoms with E-state index in [1.54, 1.807) is 6.20 Å². The van der Waals surface area contributed by atoms with Crippen LogP contribution in [0.15, 0.2) is 30.5 Å². The molecule has 1 aromatic heterocycles. The third-order valence-corrected chi connectivity index (χ3v) is 2.53. The Morgan fingerprint density at radius 3 is 2.56 bits per heavy atom. The van der Waals surface area contributed by atoms with Gasteiger partial charge >= 0.3 is 0 Å². The summed E-state index contributed by atoms with van der Waals surface area (Å²) in [5.74, 6) is 3.40. The van der Waals surface area contributed by atoms with Crippen molar-refractivity contribution in [2.24, 2.45) is 7.05 Å². The van der Waals surface area contributed by atoms with Gasteiger partial charge < -0.3 is 9.67 Å². The summed E-state index contributed by atoms with van der Waals surface area (Å²) in [5, 5.41) is 8.95. The van der Waals surface area contributed by atoms with Gasteiger partial charge in [0.1, 0.15) is 11.5 Å². The van der Waals surface area contributed by atoms with Crippen LogP contribution in [0, 0.1) is 12.3 Å². The number of aliphatic hydroxyl groups excluding tert-OH is 1. The second kappa shape index (κ2) is 4.21. The Balaban J connectivity index is 2.43. The molecule has 1 N–H and O–H groups in total. The monoisotopic (exact) mass is 212 g/mol. The molecule has 0 spiro atoms. The lowest BCUT2D eigenvalue weighted by atomic mass is 10.1. The van der Waals surface area contributed by atoms with E-state index in [0.29, 0.717) is 0 Å². The van der Waals surface area contributed by atoms with Crippen LogP contribution in [0.3, 0.4) is 0 Å². The van der Waals surface area contributed by atoms with Gasteiger partial charge in [0.15, 0.2) is 0 Å². The van der Waals surface area contributed by atoms with E-state index >= 15 is 0 Å². The molecule has 0 atom stereocenters. The second-order valence-electron chi connectivity index (χ2n) is 3.53. The molecule has 16 heavy (non-hydrogen) atoms. The number of aromatic nitrogens is 2. The molecule has 0 saturated heterocycles. The zero-order chi connectivity index (χ0) is 11.5. The van der Waals surface area contributed by atoms with Crippen molar-refractivity contribution in [2.75, 3.05) is 0 Å². The fourth-order valence-corrected chi connectivity index (χ4v) is 1.57. The van der Waals surface area contributed by atoms with Gasteiger partial charge in [0, 0.05) is 12.6 Å². The summed E-state index contributed by atoms with van der Waals surface area (Å²) in [6.45, 7) is 0.0520. The van der Waals surface area contributed by atoms with Gasteiger partial charge in [0.25, 0.3) is 0 Å². The Hall–Kier alpha value is -2.05. The van der Waals surface area contributed by atoms with Gasteiger partial charge in [-0.1, -0.05) is 30.2 Å². The van der Waals surface area contributed by atoms with E-state index in [1.165, 1.54) is 0 Å². The highest BCUT2D eigenvalue weighted by atomic mass is 16.3. The fourth-order valence-electron chi connectivity index (χ4n) is 1.57. The molecule has 3 heteroatoms. The highest BCUT2D eigenvalue weighted by Gasteiger charge is 2.06. The van der Waals surface area contributed by atoms with Gasteiger partial charge in [-0.2, -0.15) is 0 Å². The van der Waals surface area contributed by atoms with Gasteiger partial charge in [-0.05, 0) is 5.56 Å². The first-order valence-corrected chi connectivity index (χ1v) is 4.94. The number of terminal acetylenes is 1. The maximum atomic E-state index is 8.95. The molecule has 0 aliphatic carbocycles. The molecule has 0 fully saturated rings. The lowest BCUT2D eigenvalue weighted by molar-refractivity contribution is 0.282. The molecule has 0 bridgehead atoms. The quantitative estimate of drug-likeness (QED) is 0.767. The van der Waals surface area contributed by atoms with E-state index in [-0.39, 0.29) is 6.61 Å². The molecule has 0 saturated carbocycles. The SMILES string of the molecule is C#Cc1cnc(-c2ccc(CO)cc2)n1C. The van der Waals surface area contributed by atoms with Crippen molar-refractivity contribution in [1.29, 1.82) is 0 Å². The average molecular weight is 212 g/mol. The van der Waals surface area contributed by atoms with Gasteiger partial charge in [-0.25, -0.2) is 4.98 Å². The van der Waals surface area contributed by atoms with Crippen molar-refractivity contribution < 1.29 is 5.11 Å². The van der Waals surface area contributed by atoms with Gasteiger partial charge in [0.05, 0.1) is 12.8 Å². The van der Waals surface area contributed by atoms with Crippen LogP contribution in [-0.4, -0.2) is 14.7 Å². The Kier molecular flexibility index (Phi) is 2.76. The normalized spacial score (nSPS) is 10.1. The molecular formula is C13H12N2O. The van der Waals surface area contributed by atoms with E-state index in [0.717, 1.165) is 22.6 Å². The van der Waals surface area contributed by atoms with E-state index < -0.39 is 0 Å². The Morgan fingerprint density at radius 2 is 2.06 bits per heavy atom. The summed E-state index contributed by atoms with van der Waals surface area (Å²) in [4.78, 5) is 4.27. The fraction of sp³-hybridized carbons (Fsp3) is 0.154. The minimum absolute atomic E-state index is 0.0520. The zero-order valence-electron chi connectivity index (χ0n) is 9.01. The zero-order valence-corrected chi connectivity index (χ0v) is 9.01. The average Bonchev–Trinajstić information content (AvgIpc) is 2.70. The summed E-state index contributed by atoms with van der Waals surface area (Å²) < 4.78 is 1.87. The number of benzene rings is 1. The summed E-state index contributed by atoms with van der Waals surface area (Å²) in [7, 11) is 1.89. The summed E-state index contributed by atoms with van der Waals surface area (Å²) in [6, 6.07) is 7.60. The molecule has 0 unspecified atom stereocenters. The third kappa shape index (κ3) is 1.71. The van der Waals surface area contributed by atoms with Crippen LogP contribution in [0.25, 0.3) is 11.4 Å². The molecule has 0 radical (unpaired) electrons. The number of aliphatic hydroxyl groups is 1. The number of rotatable bonds is 2. The maximum absolute atomic E-state index is 8.95. The van der Waals surface area contributed by atoms with Gasteiger partial charge in [-0.3, -0.25) is 0 Å². The van der Waals surface area contributed by atoms with Crippen LogP contribution >= 0.6 is 0 Å². The topological polar surface area (TPSA) is 38.1 Å². The predicted octanol–water partition coefficient (Wildman–Crippen LogP) is 1.56. The molecule has 1 aromatic carbocycles. The third-order valence-electron chi connectivity index (χ3n) is 2.53. The van der Waals surface area contributed by atoms with Crippen LogP contribution in [0.2, 0.25) is 0 Å². The molecule has 1 heterocycles. The predicted molar refractivity (Wildman–Crippen MR) is 62.5 cm³/mol. The highest BCUT2D eigenvalue weighted by Crippen LogP contribution is 2.18.